The molecule has 0 amide bonds. The van der Waals surface area contributed by atoms with Gasteiger partial charge in [-0.15, -0.1) is 0 Å². The van der Waals surface area contributed by atoms with Gasteiger partial charge in [0.15, 0.2) is 11.6 Å². The number of rotatable bonds is 16. The maximum Gasteiger partial charge on any atom is 0.512 e. The summed E-state index contributed by atoms with van der Waals surface area (Å²) >= 11 is 0. The molecule has 2 fully saturated rings. The van der Waals surface area contributed by atoms with Gasteiger partial charge >= 0.3 is 21.8 Å². The molecule has 0 aromatic carbocycles. The molecule has 396 valence electrons. The van der Waals surface area contributed by atoms with Gasteiger partial charge in [-0.2, -0.15) is 20.7 Å². The van der Waals surface area contributed by atoms with E-state index in [4.69, 9.17) is 57.6 Å². The number of aromatic nitrogens is 6. The quantitative estimate of drug-likeness (QED) is 0.0514. The van der Waals surface area contributed by atoms with Crippen LogP contribution in [0.25, 0.3) is 11.0 Å². The number of phosphoric acid groups is 2. The first kappa shape index (κ1) is 56.4. The van der Waals surface area contributed by atoms with Gasteiger partial charge in [-0.25, -0.2) is 42.0 Å². The highest BCUT2D eigenvalue weighted by molar-refractivity contribution is 7.48. The van der Waals surface area contributed by atoms with Gasteiger partial charge in [-0.05, 0) is 107 Å². The monoisotopic (exact) mass is 1050 g/mol. The summed E-state index contributed by atoms with van der Waals surface area (Å²) in [6.45, 7) is 18.3. The Morgan fingerprint density at radius 3 is 1.26 bits per heavy atom. The van der Waals surface area contributed by atoms with Gasteiger partial charge in [-0.3, -0.25) is 18.1 Å². The fraction of sp³-hybridized carbons (Fsp3) is 0.651. The Bertz CT molecular complexity index is 2580. The Morgan fingerprint density at radius 1 is 0.653 bits per heavy atom. The van der Waals surface area contributed by atoms with Gasteiger partial charge in [0, 0.05) is 12.8 Å². The summed E-state index contributed by atoms with van der Waals surface area (Å²) in [4.78, 5) is 22.2. The molecule has 2 aliphatic heterocycles. The number of nitrogens with zero attached hydrogens (tertiary/aromatic N) is 8. The molecule has 10 atom stereocenters. The summed E-state index contributed by atoms with van der Waals surface area (Å²) in [5.74, 6) is 0.0300. The van der Waals surface area contributed by atoms with Gasteiger partial charge in [-0.1, -0.05) is 0 Å². The number of ether oxygens (including phenoxy) is 4. The Morgan fingerprint density at radius 2 is 0.972 bits per heavy atom. The lowest BCUT2D eigenvalue weighted by molar-refractivity contribution is -0.159. The smallest absolute Gasteiger partial charge is 0.404 e. The van der Waals surface area contributed by atoms with E-state index in [-0.39, 0.29) is 34.1 Å². The van der Waals surface area contributed by atoms with E-state index in [0.717, 1.165) is 12.7 Å². The highest BCUT2D eigenvalue weighted by atomic mass is 31.2. The van der Waals surface area contributed by atoms with Crippen LogP contribution in [-0.4, -0.2) is 127 Å². The lowest BCUT2D eigenvalue weighted by Gasteiger charge is -2.34. The molecule has 0 aliphatic carbocycles. The first-order chi connectivity index (χ1) is 33.1. The van der Waals surface area contributed by atoms with Gasteiger partial charge < -0.3 is 50.8 Å². The molecule has 4 aromatic rings. The second-order valence-electron chi connectivity index (χ2n) is 20.9. The second-order valence-corrected chi connectivity index (χ2v) is 23.9. The van der Waals surface area contributed by atoms with Gasteiger partial charge in [0.25, 0.3) is 0 Å². The number of nitrogens with two attached hydrogens (primary N) is 2. The number of aliphatic hydroxyl groups is 4. The number of aliphatic hydroxyl groups excluding tert-OH is 4. The molecule has 0 radical (unpaired) electrons. The van der Waals surface area contributed by atoms with E-state index in [9.17, 15) is 44.9 Å². The summed E-state index contributed by atoms with van der Waals surface area (Å²) in [6, 6.07) is 9.43. The van der Waals surface area contributed by atoms with Crippen LogP contribution < -0.4 is 11.5 Å². The molecule has 6 heterocycles. The zero-order valence-electron chi connectivity index (χ0n) is 41.7. The molecule has 0 bridgehead atoms. The van der Waals surface area contributed by atoms with Crippen LogP contribution >= 0.6 is 15.6 Å². The van der Waals surface area contributed by atoms with Crippen LogP contribution in [0.4, 0.5) is 16.4 Å². The third-order valence-electron chi connectivity index (χ3n) is 10.3. The molecule has 27 nitrogen and oxygen atoms in total. The molecule has 0 spiro atoms. The minimum absolute atomic E-state index is 0.0150. The summed E-state index contributed by atoms with van der Waals surface area (Å²) < 4.78 is 90.0. The molecule has 0 saturated carbocycles. The SMILES string of the molecule is CC(C)(C)OP(=O)(OC(C[C@H]1O[C@@](C#N)(c2ccc3c(N)ncnn23)[C@H](O)[C@@H]1O)OC(=O)OC(C[C@H]1O[C@@](C#N)(c2ccc3c(N)ncnn23)[C@H](O)[C@@H]1O)OP(=O)(OC(C)(C)C)OC(C)(C)C)OC(C)(C)C. The first-order valence-corrected chi connectivity index (χ1v) is 25.3. The van der Waals surface area contributed by atoms with Crippen LogP contribution in [-0.2, 0) is 66.4 Å². The Balaban J connectivity index is 1.38. The standard InChI is InChI=1S/C43H62N10O17P2/c1-38(2,3)67-71(59,68-39(4,5)6)65-29(17-25-31(54)33(56)42(19-44,63-25)27-15-13-23-35(46)48-21-50-52(23)27)61-37(58)62-30(66-72(60,69-40(7,8)9)70-41(10,11)12)18-26-32(55)34(57)43(20-45,64-26)28-16-14-24-36(47)49-22-51-53(24)28/h13-16,21-22,25-26,29-34,54-57H,17-18H2,1-12H3,(H2,46,48,50)(H2,47,49,51)/t25-,26-,29?,30?,31-,32-,33-,34-,42+,43+/m1/s1. The molecule has 29 heteroatoms. The average molecular weight is 1050 g/mol. The fourth-order valence-electron chi connectivity index (χ4n) is 7.81. The van der Waals surface area contributed by atoms with Crippen molar-refractivity contribution in [1.82, 2.24) is 29.2 Å². The molecule has 6 rings (SSSR count). The van der Waals surface area contributed by atoms with Crippen molar-refractivity contribution in [2.75, 3.05) is 11.5 Å². The van der Waals surface area contributed by atoms with Crippen LogP contribution in [0.1, 0.15) is 107 Å². The predicted octanol–water partition coefficient (Wildman–Crippen LogP) is 4.41. The third-order valence-corrected chi connectivity index (χ3v) is 14.4. The van der Waals surface area contributed by atoms with Crippen LogP contribution in [0.2, 0.25) is 0 Å². The molecule has 8 N–H and O–H groups in total. The number of fused-ring (bicyclic) bond motifs is 2. The maximum absolute atomic E-state index is 14.6. The van der Waals surface area contributed by atoms with Crippen molar-refractivity contribution in [1.29, 1.82) is 10.5 Å². The van der Waals surface area contributed by atoms with Crippen LogP contribution in [0.5, 0.6) is 0 Å². The molecule has 2 unspecified atom stereocenters. The largest absolute Gasteiger partial charge is 0.512 e. The molecule has 2 aliphatic rings. The number of hydrogen-bond acceptors (Lipinski definition) is 25. The number of hydrogen-bond donors (Lipinski definition) is 6. The van der Waals surface area contributed by atoms with Gasteiger partial charge in [0.05, 0.1) is 46.0 Å². The lowest BCUT2D eigenvalue weighted by atomic mass is 9.92. The van der Waals surface area contributed by atoms with Gasteiger partial charge in [0.1, 0.15) is 60.2 Å². The number of phosphoric ester groups is 2. The van der Waals surface area contributed by atoms with E-state index in [0.29, 0.717) is 0 Å². The fourth-order valence-corrected chi connectivity index (χ4v) is 11.6. The van der Waals surface area contributed by atoms with E-state index in [2.05, 4.69) is 20.2 Å². The van der Waals surface area contributed by atoms with Crippen molar-refractivity contribution < 1.29 is 80.4 Å². The van der Waals surface area contributed by atoms with Crippen LogP contribution in [0.15, 0.2) is 36.9 Å². The molecular weight excluding hydrogens is 990 g/mol. The highest BCUT2D eigenvalue weighted by Crippen LogP contribution is 2.59. The van der Waals surface area contributed by atoms with Crippen molar-refractivity contribution in [3.8, 4) is 12.1 Å². The minimum Gasteiger partial charge on any atom is -0.404 e. The summed E-state index contributed by atoms with van der Waals surface area (Å²) in [5.41, 5.74) is 2.59. The van der Waals surface area contributed by atoms with E-state index in [1.165, 1.54) is 116 Å². The topological polar surface area (TPSA) is 384 Å². The summed E-state index contributed by atoms with van der Waals surface area (Å²) in [5, 5.41) is 75.6. The molecular formula is C43H62N10O17P2. The van der Waals surface area contributed by atoms with Crippen LogP contribution in [0.3, 0.4) is 0 Å². The summed E-state index contributed by atoms with van der Waals surface area (Å²) in [7, 11) is -9.77. The third kappa shape index (κ3) is 12.3. The number of nitrogen functional groups attached to an aromatic ring is 2. The minimum atomic E-state index is -4.89. The van der Waals surface area contributed by atoms with Crippen molar-refractivity contribution in [2.45, 2.75) is 179 Å². The van der Waals surface area contributed by atoms with E-state index in [1.807, 2.05) is 12.1 Å². The number of nitriles is 2. The zero-order valence-corrected chi connectivity index (χ0v) is 43.5. The lowest BCUT2D eigenvalue weighted by Crippen LogP contribution is -2.41. The van der Waals surface area contributed by atoms with E-state index < -0.39 is 117 Å². The second kappa shape index (κ2) is 20.1. The van der Waals surface area contributed by atoms with E-state index >= 15 is 0 Å². The Kier molecular flexibility index (Phi) is 15.7. The Labute approximate surface area is 414 Å². The van der Waals surface area contributed by atoms with Crippen molar-refractivity contribution >= 4 is 44.5 Å². The molecule has 72 heavy (non-hydrogen) atoms. The number of anilines is 2. The van der Waals surface area contributed by atoms with Crippen molar-refractivity contribution in [3.63, 3.8) is 0 Å². The van der Waals surface area contributed by atoms with Crippen LogP contribution in [0, 0.1) is 22.7 Å². The van der Waals surface area contributed by atoms with Crippen molar-refractivity contribution in [3.05, 3.63) is 48.3 Å². The van der Waals surface area contributed by atoms with E-state index in [1.54, 1.807) is 0 Å². The average Bonchev–Trinajstić information content (AvgIpc) is 3.96. The molecule has 4 aromatic heterocycles. The zero-order chi connectivity index (χ0) is 53.8. The van der Waals surface area contributed by atoms with Gasteiger partial charge in [0.2, 0.25) is 23.8 Å². The molecule has 2 saturated heterocycles. The number of carbonyl (C=O) groups excluding carboxylic acids is 1. The predicted molar refractivity (Wildman–Crippen MR) is 248 cm³/mol. The summed E-state index contributed by atoms with van der Waals surface area (Å²) in [6.07, 6.45) is -17.0. The maximum atomic E-state index is 14.6. The number of carbonyl (C=O) groups is 1. The highest BCUT2D eigenvalue weighted by Gasteiger charge is 2.60. The normalized spacial score (nSPS) is 26.4. The Hall–Kier alpha value is -4.93. The first-order valence-electron chi connectivity index (χ1n) is 22.4. The van der Waals surface area contributed by atoms with Crippen molar-refractivity contribution in [2.24, 2.45) is 0 Å².